The van der Waals surface area contributed by atoms with Crippen molar-refractivity contribution in [3.8, 4) is 11.5 Å². The number of aliphatic hydroxyl groups is 1. The molecule has 1 spiro atoms. The molecule has 6 aromatic rings. The second kappa shape index (κ2) is 20.2. The summed E-state index contributed by atoms with van der Waals surface area (Å²) in [7, 11) is -4.70. The van der Waals surface area contributed by atoms with E-state index in [1.54, 1.807) is 19.1 Å². The predicted octanol–water partition coefficient (Wildman–Crippen LogP) is 9.23. The van der Waals surface area contributed by atoms with E-state index in [2.05, 4.69) is 93.8 Å². The Morgan fingerprint density at radius 2 is 1.75 bits per heavy atom. The number of fused-ring (bicyclic) bond motifs is 1. The summed E-state index contributed by atoms with van der Waals surface area (Å²) >= 11 is 0. The fraction of sp³-hybridized carbons (Fsp3) is 0.491. The number of amides is 1. The minimum absolute atomic E-state index is 0.0118. The van der Waals surface area contributed by atoms with Crippen molar-refractivity contribution in [1.29, 1.82) is 0 Å². The molecular weight excluding hydrogens is 978 g/mol. The van der Waals surface area contributed by atoms with Crippen molar-refractivity contribution in [3.63, 3.8) is 0 Å². The van der Waals surface area contributed by atoms with Crippen LogP contribution in [-0.2, 0) is 16.6 Å². The van der Waals surface area contributed by atoms with Gasteiger partial charge in [-0.1, -0.05) is 38.1 Å². The minimum atomic E-state index is -4.70. The third kappa shape index (κ3) is 10.8. The monoisotopic (exact) mass is 1040 g/mol. The number of benzene rings is 2. The number of piperidine rings is 1. The average Bonchev–Trinajstić information content (AvgIpc) is 4.03. The third-order valence-electron chi connectivity index (χ3n) is 16.7. The Kier molecular flexibility index (Phi) is 13.7. The molecule has 1 amide bonds. The van der Waals surface area contributed by atoms with Gasteiger partial charge in [-0.2, -0.15) is 5.10 Å². The number of nitrogens with zero attached hydrogens (tertiary/aromatic N) is 8. The van der Waals surface area contributed by atoms with E-state index < -0.39 is 42.9 Å². The molecule has 396 valence electrons. The molecule has 1 atom stereocenters. The third-order valence-corrected chi connectivity index (χ3v) is 18.0. The van der Waals surface area contributed by atoms with Gasteiger partial charge in [0.25, 0.3) is 15.9 Å². The fourth-order valence-electron chi connectivity index (χ4n) is 12.1. The summed E-state index contributed by atoms with van der Waals surface area (Å²) in [5.41, 5.74) is 3.93. The number of carbonyl (C=O) groups is 1. The van der Waals surface area contributed by atoms with Crippen LogP contribution in [0, 0.1) is 27.3 Å². The average molecular weight is 1040 g/mol. The van der Waals surface area contributed by atoms with Gasteiger partial charge in [-0.25, -0.2) is 27.5 Å². The van der Waals surface area contributed by atoms with Crippen LogP contribution in [-0.4, -0.2) is 110 Å². The molecule has 2 aromatic carbocycles. The number of nitro groups is 1. The van der Waals surface area contributed by atoms with Crippen molar-refractivity contribution in [2.45, 2.75) is 126 Å². The molecule has 3 saturated carbocycles. The number of anilines is 2. The first-order chi connectivity index (χ1) is 36.0. The molecule has 4 aromatic heterocycles. The first-order valence-electron chi connectivity index (χ1n) is 26.5. The zero-order chi connectivity index (χ0) is 52.2. The number of pyridine rings is 2. The van der Waals surface area contributed by atoms with E-state index >= 15 is 0 Å². The minimum Gasteiger partial charge on any atom is -0.455 e. The highest BCUT2D eigenvalue weighted by Gasteiger charge is 2.50. The molecule has 20 heteroatoms. The highest BCUT2D eigenvalue weighted by molar-refractivity contribution is 7.90. The number of carbonyl (C=O) groups excluding carboxylic acids is 1. The summed E-state index contributed by atoms with van der Waals surface area (Å²) < 4.78 is 52.8. The number of aromatic nitrogens is 5. The number of hydrogen-bond acceptors (Lipinski definition) is 14. The van der Waals surface area contributed by atoms with E-state index in [1.807, 2.05) is 6.20 Å². The number of ether oxygens (including phenoxy) is 1. The van der Waals surface area contributed by atoms with Crippen LogP contribution in [0.15, 0.2) is 90.5 Å². The van der Waals surface area contributed by atoms with Crippen LogP contribution in [0.5, 0.6) is 11.5 Å². The lowest BCUT2D eigenvalue weighted by molar-refractivity contribution is -0.384. The Bertz CT molecular complexity index is 3200. The molecule has 2 saturated heterocycles. The van der Waals surface area contributed by atoms with Crippen LogP contribution in [0.4, 0.5) is 21.6 Å². The normalized spacial score (nSPS) is 22.6. The summed E-state index contributed by atoms with van der Waals surface area (Å²) in [4.78, 5) is 43.8. The van der Waals surface area contributed by atoms with Crippen LogP contribution in [0.1, 0.15) is 130 Å². The number of piperazine rings is 1. The van der Waals surface area contributed by atoms with Gasteiger partial charge in [0.2, 0.25) is 5.82 Å². The molecule has 11 rings (SSSR count). The highest BCUT2D eigenvalue weighted by Crippen LogP contribution is 2.53. The zero-order valence-electron chi connectivity index (χ0n) is 42.8. The van der Waals surface area contributed by atoms with Crippen molar-refractivity contribution >= 4 is 44.2 Å². The van der Waals surface area contributed by atoms with E-state index in [1.165, 1.54) is 54.1 Å². The van der Waals surface area contributed by atoms with E-state index in [4.69, 9.17) is 4.74 Å². The second-order valence-electron chi connectivity index (χ2n) is 22.4. The lowest BCUT2D eigenvalue weighted by atomic mass is 9.59. The number of H-pyrrole nitrogens is 1. The zero-order valence-corrected chi connectivity index (χ0v) is 43.6. The molecule has 5 fully saturated rings. The standard InChI is InChI=1S/C55H66FN11O7S/c1-35(2)43-6-4-5-7-44(43)49-34-63(32-37-28-61-66(33-37)38-8-9-38)20-21-65(49)40-25-55(26-40)16-18-64(19-17-55)39-10-11-45(50(22-39)74-41-23-46-47(56)31-60-51(46)58-29-41)53(68)62-75(72,73)42-24-48(67(70)71)52(59-30-42)57-27-36-12-14-54(3,69)15-13-36/h4-7,10-11,22-24,28-31,33,35-36,38,40,49,69H,8-9,12-21,25-27,32,34H2,1-3H3,(H,57,59)(H,58,60)(H,62,68)/t36?,49-,54?/m0/s1. The summed E-state index contributed by atoms with van der Waals surface area (Å²) in [6.07, 6.45) is 17.1. The largest absolute Gasteiger partial charge is 0.455 e. The van der Waals surface area contributed by atoms with Crippen LogP contribution >= 0.6 is 0 Å². The maximum Gasteiger partial charge on any atom is 0.312 e. The molecule has 75 heavy (non-hydrogen) atoms. The van der Waals surface area contributed by atoms with Crippen molar-refractivity contribution in [2.24, 2.45) is 11.3 Å². The Balaban J connectivity index is 0.783. The Labute approximate surface area is 436 Å². The summed E-state index contributed by atoms with van der Waals surface area (Å²) in [6.45, 7) is 12.1. The summed E-state index contributed by atoms with van der Waals surface area (Å²) in [5, 5.41) is 30.4. The van der Waals surface area contributed by atoms with Crippen molar-refractivity contribution in [2.75, 3.05) is 49.5 Å². The van der Waals surface area contributed by atoms with Gasteiger partial charge in [0.15, 0.2) is 0 Å². The van der Waals surface area contributed by atoms with E-state index in [0.29, 0.717) is 43.0 Å². The van der Waals surface area contributed by atoms with Gasteiger partial charge in [0.1, 0.15) is 27.9 Å². The van der Waals surface area contributed by atoms with Gasteiger partial charge >= 0.3 is 5.69 Å². The van der Waals surface area contributed by atoms with Gasteiger partial charge < -0.3 is 25.0 Å². The number of aromatic amines is 1. The SMILES string of the molecule is CC(C)c1ccccc1[C@@H]1CN(Cc2cnn(C3CC3)c2)CCN1C1CC2(CCN(c3ccc(C(=O)NS(=O)(=O)c4cnc(NCC5CCC(C)(O)CC5)c([N+](=O)[O-])c4)c(Oc4cnc5[nH]cc(F)c5c4)c3)CC2)C1. The van der Waals surface area contributed by atoms with E-state index in [-0.39, 0.29) is 45.6 Å². The number of rotatable bonds is 16. The molecule has 18 nitrogen and oxygen atoms in total. The molecular formula is C55H66FN11O7S. The second-order valence-corrected chi connectivity index (χ2v) is 24.1. The Hall–Kier alpha value is -6.48. The van der Waals surface area contributed by atoms with E-state index in [9.17, 15) is 32.8 Å². The Morgan fingerprint density at radius 1 is 0.973 bits per heavy atom. The lowest BCUT2D eigenvalue weighted by Gasteiger charge is -2.58. The van der Waals surface area contributed by atoms with Crippen molar-refractivity contribution < 1.29 is 32.4 Å². The first kappa shape index (κ1) is 50.7. The number of nitrogens with one attached hydrogen (secondary N) is 3. The van der Waals surface area contributed by atoms with Gasteiger partial charge in [0, 0.05) is 93.7 Å². The molecule has 6 heterocycles. The quantitative estimate of drug-likeness (QED) is 0.0525. The maximum atomic E-state index is 14.7. The summed E-state index contributed by atoms with van der Waals surface area (Å²) in [5.74, 6) is -1.01. The number of halogens is 1. The molecule has 3 aliphatic carbocycles. The number of sulfonamides is 1. The highest BCUT2D eigenvalue weighted by atomic mass is 32.2. The first-order valence-corrected chi connectivity index (χ1v) is 27.9. The maximum absolute atomic E-state index is 14.7. The lowest BCUT2D eigenvalue weighted by Crippen LogP contribution is -2.60. The van der Waals surface area contributed by atoms with Gasteiger partial charge in [0.05, 0.1) is 46.1 Å². The van der Waals surface area contributed by atoms with Crippen LogP contribution < -0.4 is 19.7 Å². The van der Waals surface area contributed by atoms with E-state index in [0.717, 1.165) is 95.7 Å². The van der Waals surface area contributed by atoms with Gasteiger partial charge in [-0.15, -0.1) is 0 Å². The van der Waals surface area contributed by atoms with Gasteiger partial charge in [-0.05, 0) is 118 Å². The number of hydrogen-bond donors (Lipinski definition) is 4. The van der Waals surface area contributed by atoms with Gasteiger partial charge in [-0.3, -0.25) is 29.4 Å². The molecule has 4 N–H and O–H groups in total. The smallest absolute Gasteiger partial charge is 0.312 e. The predicted molar refractivity (Wildman–Crippen MR) is 282 cm³/mol. The van der Waals surface area contributed by atoms with Crippen LogP contribution in [0.2, 0.25) is 0 Å². The Morgan fingerprint density at radius 3 is 2.49 bits per heavy atom. The molecule has 0 unspecified atom stereocenters. The van der Waals surface area contributed by atoms with Crippen molar-refractivity contribution in [3.05, 3.63) is 124 Å². The molecule has 2 aliphatic heterocycles. The molecule has 0 bridgehead atoms. The fourth-order valence-corrected chi connectivity index (χ4v) is 13.0. The summed E-state index contributed by atoms with van der Waals surface area (Å²) in [6, 6.07) is 17.5. The molecule has 0 radical (unpaired) electrons. The topological polar surface area (TPSA) is 217 Å². The molecule has 5 aliphatic rings. The van der Waals surface area contributed by atoms with Crippen molar-refractivity contribution in [1.82, 2.24) is 39.3 Å². The van der Waals surface area contributed by atoms with Crippen LogP contribution in [0.25, 0.3) is 11.0 Å². The van der Waals surface area contributed by atoms with Crippen LogP contribution in [0.3, 0.4) is 0 Å².